The number of benzene rings is 2. The van der Waals surface area contributed by atoms with Crippen LogP contribution in [0.3, 0.4) is 0 Å². The third-order valence-corrected chi connectivity index (χ3v) is 5.40. The van der Waals surface area contributed by atoms with Crippen LogP contribution in [0, 0.1) is 0 Å². The van der Waals surface area contributed by atoms with Crippen molar-refractivity contribution in [2.24, 2.45) is 0 Å². The first-order valence-electron chi connectivity index (χ1n) is 7.45. The van der Waals surface area contributed by atoms with Gasteiger partial charge < -0.3 is 0 Å². The topological polar surface area (TPSA) is 12.5 Å². The van der Waals surface area contributed by atoms with Crippen molar-refractivity contribution in [3.8, 4) is 5.75 Å². The summed E-state index contributed by atoms with van der Waals surface area (Å²) < 4.78 is 7.82. The molecule has 0 bridgehead atoms. The number of hydrogen-bond donors (Lipinski definition) is 0. The van der Waals surface area contributed by atoms with Gasteiger partial charge in [-0.3, -0.25) is 0 Å². The molecule has 0 radical (unpaired) electrons. The van der Waals surface area contributed by atoms with Crippen LogP contribution in [0.2, 0.25) is 5.02 Å². The summed E-state index contributed by atoms with van der Waals surface area (Å²) in [5.41, 5.74) is 3.13. The van der Waals surface area contributed by atoms with Crippen molar-refractivity contribution in [1.29, 1.82) is 0 Å². The predicted octanol–water partition coefficient (Wildman–Crippen LogP) is 5.84. The number of halogens is 3. The summed E-state index contributed by atoms with van der Waals surface area (Å²) in [4.78, 5) is 2.15. The Kier molecular flexibility index (Phi) is 7.56. The van der Waals surface area contributed by atoms with Crippen molar-refractivity contribution in [2.75, 3.05) is 11.9 Å². The Morgan fingerprint density at radius 3 is 2.54 bits per heavy atom. The maximum atomic E-state index is 6.12. The van der Waals surface area contributed by atoms with Crippen molar-refractivity contribution in [2.45, 2.75) is 26.5 Å². The van der Waals surface area contributed by atoms with Crippen molar-refractivity contribution in [3.63, 3.8) is 0 Å². The molecule has 0 aromatic heterocycles. The summed E-state index contributed by atoms with van der Waals surface area (Å²) in [6.45, 7) is 4.76. The van der Waals surface area contributed by atoms with Crippen LogP contribution in [-0.4, -0.2) is 17.8 Å². The standard InChI is InChI=1S/C18H20ClNO.2ClH.Ru/c1-13(2)21-18-8-6-5-7-15(18)12-20(4)17-10-9-16(19)11-14(17)3;;;/h3,5-11,13H,12H2,1-2,4H3;2*1H;/q;;;+2/p-2. The number of anilines is 1. The van der Waals surface area contributed by atoms with Gasteiger partial charge in [-0.05, 0) is 0 Å². The van der Waals surface area contributed by atoms with Gasteiger partial charge in [0.05, 0.1) is 0 Å². The summed E-state index contributed by atoms with van der Waals surface area (Å²) in [5.74, 6) is 0.904. The number of rotatable bonds is 6. The molecule has 6 heteroatoms. The van der Waals surface area contributed by atoms with Crippen LogP contribution in [0.5, 0.6) is 5.75 Å². The number of para-hydroxylation sites is 1. The number of hydrogen-bond acceptors (Lipinski definition) is 2. The van der Waals surface area contributed by atoms with E-state index in [9.17, 15) is 0 Å². The second kappa shape index (κ2) is 9.20. The molecule has 0 aliphatic carbocycles. The van der Waals surface area contributed by atoms with Gasteiger partial charge >= 0.3 is 162 Å². The van der Waals surface area contributed by atoms with Crippen LogP contribution in [-0.2, 0) is 20.1 Å². The van der Waals surface area contributed by atoms with Crippen molar-refractivity contribution in [1.82, 2.24) is 0 Å². The zero-order valence-corrected chi connectivity index (χ0v) is 17.8. The normalized spacial score (nSPS) is 11.4. The minimum atomic E-state index is -1.93. The molecule has 2 nitrogen and oxygen atoms in total. The van der Waals surface area contributed by atoms with Crippen molar-refractivity contribution < 1.29 is 18.3 Å². The van der Waals surface area contributed by atoms with Gasteiger partial charge in [-0.25, -0.2) is 0 Å². The summed E-state index contributed by atoms with van der Waals surface area (Å²) in [7, 11) is 14.1. The van der Waals surface area contributed by atoms with E-state index in [1.54, 1.807) is 0 Å². The van der Waals surface area contributed by atoms with E-state index >= 15 is 0 Å². The van der Waals surface area contributed by atoms with Gasteiger partial charge in [0.15, 0.2) is 0 Å². The molecule has 0 unspecified atom stereocenters. The Labute approximate surface area is 161 Å². The second-order valence-electron chi connectivity index (χ2n) is 5.64. The molecular weight excluding hydrogens is 454 g/mol. The molecule has 24 heavy (non-hydrogen) atoms. The molecule has 0 saturated carbocycles. The fourth-order valence-corrected chi connectivity index (χ4v) is 4.36. The summed E-state index contributed by atoms with van der Waals surface area (Å²) in [6, 6.07) is 13.8. The molecule has 132 valence electrons. The Hall–Kier alpha value is -0.597. The average molecular weight is 474 g/mol. The first kappa shape index (κ1) is 19.7. The zero-order valence-electron chi connectivity index (χ0n) is 13.7. The van der Waals surface area contributed by atoms with Gasteiger partial charge in [0.2, 0.25) is 0 Å². The molecule has 2 aromatic carbocycles. The van der Waals surface area contributed by atoms with Crippen LogP contribution in [0.1, 0.15) is 25.0 Å². The van der Waals surface area contributed by atoms with E-state index < -0.39 is 13.5 Å². The third-order valence-electron chi connectivity index (χ3n) is 3.33. The van der Waals surface area contributed by atoms with Crippen LogP contribution in [0.25, 0.3) is 0 Å². The van der Waals surface area contributed by atoms with E-state index in [-0.39, 0.29) is 6.10 Å². The molecule has 0 aliphatic heterocycles. The molecule has 2 aromatic rings. The quantitative estimate of drug-likeness (QED) is 0.489. The first-order chi connectivity index (χ1) is 11.4. The molecule has 0 heterocycles. The monoisotopic (exact) mass is 473 g/mol. The first-order valence-corrected chi connectivity index (χ1v) is 13.3. The Morgan fingerprint density at radius 2 is 1.88 bits per heavy atom. The predicted molar refractivity (Wildman–Crippen MR) is 103 cm³/mol. The molecule has 0 saturated heterocycles. The molecule has 0 fully saturated rings. The second-order valence-corrected chi connectivity index (χ2v) is 11.8. The van der Waals surface area contributed by atoms with Crippen LogP contribution in [0.15, 0.2) is 42.5 Å². The number of ether oxygens (including phenoxy) is 1. The van der Waals surface area contributed by atoms with Gasteiger partial charge in [-0.15, -0.1) is 0 Å². The molecule has 0 spiro atoms. The summed E-state index contributed by atoms with van der Waals surface area (Å²) >= 11 is 4.19. The fourth-order valence-electron chi connectivity index (χ4n) is 2.38. The Balaban J connectivity index is 2.31. The van der Waals surface area contributed by atoms with E-state index in [1.165, 1.54) is 0 Å². The molecule has 0 amide bonds. The van der Waals surface area contributed by atoms with Gasteiger partial charge in [-0.2, -0.15) is 0 Å². The third kappa shape index (κ3) is 5.74. The van der Waals surface area contributed by atoms with Crippen LogP contribution < -0.4 is 9.64 Å². The van der Waals surface area contributed by atoms with Crippen LogP contribution in [0.4, 0.5) is 5.69 Å². The Morgan fingerprint density at radius 1 is 1.17 bits per heavy atom. The molecule has 2 rings (SSSR count). The van der Waals surface area contributed by atoms with Gasteiger partial charge in [0.25, 0.3) is 0 Å². The fraction of sp³-hybridized carbons (Fsp3) is 0.278. The SMILES string of the molecule is CC(C)Oc1ccccc1CN(C)c1ccc(Cl)cc1[CH]=[Ru]([Cl])[Cl]. The van der Waals surface area contributed by atoms with E-state index in [0.717, 1.165) is 22.6 Å². The molecule has 0 aliphatic rings. The average Bonchev–Trinajstić information content (AvgIpc) is 2.48. The summed E-state index contributed by atoms with van der Waals surface area (Å²) in [5, 5.41) is 0.672. The minimum absolute atomic E-state index is 0.135. The van der Waals surface area contributed by atoms with Gasteiger partial charge in [0.1, 0.15) is 0 Å². The van der Waals surface area contributed by atoms with E-state index in [1.807, 2.05) is 61.9 Å². The maximum absolute atomic E-state index is 6.12. The van der Waals surface area contributed by atoms with E-state index in [2.05, 4.69) is 11.0 Å². The van der Waals surface area contributed by atoms with Crippen molar-refractivity contribution >= 4 is 41.3 Å². The van der Waals surface area contributed by atoms with E-state index in [4.69, 9.17) is 35.7 Å². The van der Waals surface area contributed by atoms with E-state index in [0.29, 0.717) is 11.6 Å². The van der Waals surface area contributed by atoms with Gasteiger partial charge in [0, 0.05) is 0 Å². The molecule has 0 N–H and O–H groups in total. The van der Waals surface area contributed by atoms with Crippen LogP contribution >= 0.6 is 31.0 Å². The van der Waals surface area contributed by atoms with Crippen molar-refractivity contribution in [3.05, 3.63) is 58.6 Å². The zero-order chi connectivity index (χ0) is 17.7. The molecular formula is C18H20Cl3NORu. The number of nitrogens with zero attached hydrogens (tertiary/aromatic N) is 1. The van der Waals surface area contributed by atoms with Gasteiger partial charge in [-0.1, -0.05) is 0 Å². The molecule has 0 atom stereocenters. The Bertz CT molecular complexity index is 730. The summed E-state index contributed by atoms with van der Waals surface area (Å²) in [6.07, 6.45) is 0.135.